The second-order valence-electron chi connectivity index (χ2n) is 8.51. The number of benzene rings is 2. The number of rotatable bonds is 4. The lowest BCUT2D eigenvalue weighted by Crippen LogP contribution is -1.99. The van der Waals surface area contributed by atoms with Gasteiger partial charge in [0.15, 0.2) is 0 Å². The first-order valence-corrected chi connectivity index (χ1v) is 10.8. The monoisotopic (exact) mass is 425 g/mol. The lowest BCUT2D eigenvalue weighted by Gasteiger charge is -2.10. The van der Waals surface area contributed by atoms with Gasteiger partial charge in [0.25, 0.3) is 0 Å². The van der Waals surface area contributed by atoms with E-state index in [1.807, 2.05) is 36.4 Å². The SMILES string of the molecule is [2H]C([2H])([2H])c1cnc(-c2cccc3c2oc2nc(-c4c(C)cccc4C)ccc23)cc1C([2H])([2H])C(C)C. The maximum atomic E-state index is 8.65. The molecule has 0 bridgehead atoms. The molecule has 0 saturated carbocycles. The molecule has 3 heterocycles. The predicted octanol–water partition coefficient (Wildman–Crippen LogP) is 7.83. The molecule has 3 nitrogen and oxygen atoms in total. The lowest BCUT2D eigenvalue weighted by molar-refractivity contribution is 0.644. The molecule has 3 heteroatoms. The zero-order valence-corrected chi connectivity index (χ0v) is 18.7. The molecule has 0 aliphatic carbocycles. The molecule has 0 saturated heterocycles. The van der Waals surface area contributed by atoms with Gasteiger partial charge in [-0.25, -0.2) is 4.98 Å². The van der Waals surface area contributed by atoms with Crippen molar-refractivity contribution in [2.75, 3.05) is 0 Å². The van der Waals surface area contributed by atoms with Gasteiger partial charge in [0.1, 0.15) is 5.58 Å². The molecule has 0 fully saturated rings. The summed E-state index contributed by atoms with van der Waals surface area (Å²) in [6, 6.07) is 17.4. The molecule has 5 rings (SSSR count). The first-order valence-electron chi connectivity index (χ1n) is 13.3. The van der Waals surface area contributed by atoms with E-state index in [4.69, 9.17) is 16.3 Å². The van der Waals surface area contributed by atoms with E-state index < -0.39 is 19.1 Å². The Morgan fingerprint density at radius 2 is 1.72 bits per heavy atom. The fraction of sp³-hybridized carbons (Fsp3) is 0.241. The fourth-order valence-corrected chi connectivity index (χ4v) is 4.27. The Kier molecular flexibility index (Phi) is 3.79. The summed E-state index contributed by atoms with van der Waals surface area (Å²) >= 11 is 0. The fourth-order valence-electron chi connectivity index (χ4n) is 4.27. The van der Waals surface area contributed by atoms with Crippen LogP contribution in [-0.2, 0) is 6.37 Å². The van der Waals surface area contributed by atoms with Crippen LogP contribution in [0.1, 0.15) is 43.0 Å². The van der Waals surface area contributed by atoms with Crippen molar-refractivity contribution in [3.8, 4) is 22.5 Å². The van der Waals surface area contributed by atoms with Crippen LogP contribution in [0.5, 0.6) is 0 Å². The molecule has 32 heavy (non-hydrogen) atoms. The largest absolute Gasteiger partial charge is 0.437 e. The van der Waals surface area contributed by atoms with Crippen LogP contribution >= 0.6 is 0 Å². The summed E-state index contributed by atoms with van der Waals surface area (Å²) in [5.41, 5.74) is 6.40. The van der Waals surface area contributed by atoms with E-state index in [1.165, 1.54) is 6.20 Å². The molecule has 0 unspecified atom stereocenters. The minimum Gasteiger partial charge on any atom is -0.437 e. The van der Waals surface area contributed by atoms with Gasteiger partial charge in [-0.15, -0.1) is 0 Å². The highest BCUT2D eigenvalue weighted by molar-refractivity contribution is 6.08. The molecule has 0 spiro atoms. The van der Waals surface area contributed by atoms with Crippen LogP contribution in [0.4, 0.5) is 0 Å². The zero-order chi connectivity index (χ0) is 26.7. The van der Waals surface area contributed by atoms with Crippen molar-refractivity contribution < 1.29 is 11.3 Å². The number of hydrogen-bond donors (Lipinski definition) is 0. The molecule has 0 aliphatic heterocycles. The number of furan rings is 1. The standard InChI is InChI=1S/C29H28N2O/c1-17(2)14-21-15-26(30-16-20(21)5)24-11-7-10-22-23-12-13-25(31-29(23)32-28(22)24)27-18(3)8-6-9-19(27)4/h6-13,15-17H,14H2,1-5H3/i5D3,14D2. The molecule has 3 aromatic heterocycles. The first kappa shape index (κ1) is 15.4. The third-order valence-corrected chi connectivity index (χ3v) is 5.73. The third kappa shape index (κ3) is 3.48. The summed E-state index contributed by atoms with van der Waals surface area (Å²) in [6.07, 6.45) is -0.582. The quantitative estimate of drug-likeness (QED) is 0.294. The molecular weight excluding hydrogens is 392 g/mol. The smallest absolute Gasteiger partial charge is 0.227 e. The average molecular weight is 426 g/mol. The van der Waals surface area contributed by atoms with Gasteiger partial charge >= 0.3 is 0 Å². The summed E-state index contributed by atoms with van der Waals surface area (Å²) in [6.45, 7) is 5.12. The number of hydrogen-bond acceptors (Lipinski definition) is 3. The van der Waals surface area contributed by atoms with Gasteiger partial charge in [0, 0.05) is 34.9 Å². The predicted molar refractivity (Wildman–Crippen MR) is 133 cm³/mol. The second-order valence-corrected chi connectivity index (χ2v) is 8.51. The number of nitrogens with zero attached hydrogens (tertiary/aromatic N) is 2. The van der Waals surface area contributed by atoms with Gasteiger partial charge < -0.3 is 4.42 Å². The molecule has 2 aromatic carbocycles. The summed E-state index contributed by atoms with van der Waals surface area (Å²) in [5.74, 6) is -0.432. The van der Waals surface area contributed by atoms with Crippen molar-refractivity contribution >= 4 is 22.1 Å². The van der Waals surface area contributed by atoms with Crippen LogP contribution in [0.25, 0.3) is 44.6 Å². The summed E-state index contributed by atoms with van der Waals surface area (Å²) in [4.78, 5) is 9.29. The Hall–Kier alpha value is -3.46. The van der Waals surface area contributed by atoms with Crippen molar-refractivity contribution in [2.24, 2.45) is 5.92 Å². The van der Waals surface area contributed by atoms with E-state index >= 15 is 0 Å². The molecule has 0 aliphatic rings. The van der Waals surface area contributed by atoms with Crippen LogP contribution in [0.3, 0.4) is 0 Å². The van der Waals surface area contributed by atoms with E-state index in [2.05, 4.69) is 31.0 Å². The normalized spacial score (nSPS) is 14.8. The third-order valence-electron chi connectivity index (χ3n) is 5.73. The average Bonchev–Trinajstić information content (AvgIpc) is 3.21. The second kappa shape index (κ2) is 7.90. The minimum absolute atomic E-state index is 0.0772. The first-order chi connectivity index (χ1) is 17.4. The number of aromatic nitrogens is 2. The number of fused-ring (bicyclic) bond motifs is 3. The minimum atomic E-state index is -2.48. The van der Waals surface area contributed by atoms with E-state index in [0.29, 0.717) is 22.6 Å². The van der Waals surface area contributed by atoms with Crippen molar-refractivity contribution in [1.82, 2.24) is 9.97 Å². The molecule has 5 aromatic rings. The van der Waals surface area contributed by atoms with Gasteiger partial charge in [-0.05, 0) is 79.5 Å². The number of para-hydroxylation sites is 1. The van der Waals surface area contributed by atoms with Crippen molar-refractivity contribution in [1.29, 1.82) is 0 Å². The van der Waals surface area contributed by atoms with Gasteiger partial charge in [0.05, 0.1) is 11.4 Å². The molecule has 0 radical (unpaired) electrons. The van der Waals surface area contributed by atoms with E-state index in [0.717, 1.165) is 33.2 Å². The Morgan fingerprint density at radius 3 is 2.47 bits per heavy atom. The van der Waals surface area contributed by atoms with Gasteiger partial charge in [0.2, 0.25) is 5.71 Å². The van der Waals surface area contributed by atoms with Gasteiger partial charge in [-0.1, -0.05) is 44.2 Å². The molecule has 0 N–H and O–H groups in total. The van der Waals surface area contributed by atoms with Crippen LogP contribution in [-0.4, -0.2) is 9.97 Å². The highest BCUT2D eigenvalue weighted by atomic mass is 16.3. The Balaban J connectivity index is 1.72. The van der Waals surface area contributed by atoms with E-state index in [1.54, 1.807) is 19.9 Å². The van der Waals surface area contributed by atoms with Crippen LogP contribution < -0.4 is 0 Å². The van der Waals surface area contributed by atoms with Crippen molar-refractivity contribution in [3.05, 3.63) is 83.0 Å². The molecule has 0 atom stereocenters. The van der Waals surface area contributed by atoms with Crippen molar-refractivity contribution in [2.45, 2.75) is 40.9 Å². The summed E-state index contributed by atoms with van der Waals surface area (Å²) in [5, 5.41) is 1.73. The Bertz CT molecular complexity index is 1630. The van der Waals surface area contributed by atoms with Crippen LogP contribution in [0, 0.1) is 26.6 Å². The number of pyridine rings is 2. The van der Waals surface area contributed by atoms with Crippen LogP contribution in [0.2, 0.25) is 0 Å². The maximum Gasteiger partial charge on any atom is 0.227 e. The van der Waals surface area contributed by atoms with Crippen LogP contribution in [0.15, 0.2) is 65.2 Å². The van der Waals surface area contributed by atoms with Gasteiger partial charge in [-0.3, -0.25) is 4.98 Å². The topological polar surface area (TPSA) is 38.9 Å². The molecular formula is C29H28N2O. The zero-order valence-electron chi connectivity index (χ0n) is 23.7. The Labute approximate surface area is 196 Å². The van der Waals surface area contributed by atoms with E-state index in [-0.39, 0.29) is 11.1 Å². The highest BCUT2D eigenvalue weighted by Gasteiger charge is 2.16. The molecule has 160 valence electrons. The number of aryl methyl sites for hydroxylation is 3. The molecule has 0 amide bonds. The maximum absolute atomic E-state index is 8.65. The summed E-state index contributed by atoms with van der Waals surface area (Å²) < 4.78 is 47.4. The van der Waals surface area contributed by atoms with E-state index in [9.17, 15) is 0 Å². The Morgan fingerprint density at radius 1 is 0.938 bits per heavy atom. The lowest BCUT2D eigenvalue weighted by atomic mass is 9.97. The van der Waals surface area contributed by atoms with Gasteiger partial charge in [-0.2, -0.15) is 0 Å². The summed E-state index contributed by atoms with van der Waals surface area (Å²) in [7, 11) is 0. The van der Waals surface area contributed by atoms with Crippen molar-refractivity contribution in [3.63, 3.8) is 0 Å². The highest BCUT2D eigenvalue weighted by Crippen LogP contribution is 2.36.